The van der Waals surface area contributed by atoms with E-state index in [1.165, 1.54) is 12.1 Å². The van der Waals surface area contributed by atoms with Crippen molar-refractivity contribution in [3.8, 4) is 0 Å². The number of hydrogen-bond donors (Lipinski definition) is 3. The number of halogens is 1. The Morgan fingerprint density at radius 1 is 1.45 bits per heavy atom. The van der Waals surface area contributed by atoms with Crippen LogP contribution in [-0.2, 0) is 0 Å². The van der Waals surface area contributed by atoms with Gasteiger partial charge in [-0.15, -0.1) is 0 Å². The molecule has 0 aromatic heterocycles. The van der Waals surface area contributed by atoms with Crippen molar-refractivity contribution in [3.05, 3.63) is 24.0 Å². The zero-order valence-electron chi connectivity index (χ0n) is 12.1. The van der Waals surface area contributed by atoms with Crippen LogP contribution in [0.25, 0.3) is 0 Å². The van der Waals surface area contributed by atoms with E-state index in [0.717, 1.165) is 25.2 Å². The molecule has 1 heterocycles. The van der Waals surface area contributed by atoms with Crippen LogP contribution in [0.15, 0.2) is 18.2 Å². The first-order valence-corrected chi connectivity index (χ1v) is 6.66. The number of anilines is 2. The second-order valence-corrected chi connectivity index (χ2v) is 5.62. The summed E-state index contributed by atoms with van der Waals surface area (Å²) >= 11 is 0. The summed E-state index contributed by atoms with van der Waals surface area (Å²) in [5.74, 6) is -0.375. The normalized spacial score (nSPS) is 21.6. The number of nitrogens with zero attached hydrogens (tertiary/aromatic N) is 1. The Kier molecular flexibility index (Phi) is 4.13. The number of hydrogen-bond acceptors (Lipinski definition) is 3. The van der Waals surface area contributed by atoms with Gasteiger partial charge in [-0.25, -0.2) is 9.18 Å². The molecule has 1 saturated heterocycles. The van der Waals surface area contributed by atoms with Gasteiger partial charge in [0.25, 0.3) is 0 Å². The van der Waals surface area contributed by atoms with Crippen LogP contribution < -0.4 is 20.9 Å². The molecule has 0 radical (unpaired) electrons. The van der Waals surface area contributed by atoms with E-state index < -0.39 is 0 Å². The minimum atomic E-state index is -0.375. The Labute approximate surface area is 118 Å². The van der Waals surface area contributed by atoms with Gasteiger partial charge in [0.05, 0.1) is 16.9 Å². The van der Waals surface area contributed by atoms with Gasteiger partial charge in [0, 0.05) is 20.6 Å². The van der Waals surface area contributed by atoms with Crippen molar-refractivity contribution in [1.82, 2.24) is 10.6 Å². The third kappa shape index (κ3) is 3.39. The SMILES string of the molecule is CN(C)c1ccc(F)cc1NC(=O)NC1(C)CCNC1. The molecule has 2 rings (SSSR count). The summed E-state index contributed by atoms with van der Waals surface area (Å²) in [6.07, 6.45) is 0.879. The Morgan fingerprint density at radius 2 is 2.20 bits per heavy atom. The van der Waals surface area contributed by atoms with Crippen molar-refractivity contribution in [2.75, 3.05) is 37.4 Å². The molecule has 110 valence electrons. The summed E-state index contributed by atoms with van der Waals surface area (Å²) in [6.45, 7) is 3.62. The number of rotatable bonds is 3. The van der Waals surface area contributed by atoms with Crippen molar-refractivity contribution < 1.29 is 9.18 Å². The van der Waals surface area contributed by atoms with E-state index in [-0.39, 0.29) is 17.4 Å². The van der Waals surface area contributed by atoms with E-state index in [0.29, 0.717) is 5.69 Å². The van der Waals surface area contributed by atoms with Gasteiger partial charge in [0.2, 0.25) is 0 Å². The maximum atomic E-state index is 13.3. The van der Waals surface area contributed by atoms with E-state index in [9.17, 15) is 9.18 Å². The minimum Gasteiger partial charge on any atom is -0.376 e. The summed E-state index contributed by atoms with van der Waals surface area (Å²) in [4.78, 5) is 13.9. The van der Waals surface area contributed by atoms with E-state index >= 15 is 0 Å². The standard InChI is InChI=1S/C14H21FN4O/c1-14(6-7-16-9-14)18-13(20)17-11-8-10(15)4-5-12(11)19(2)3/h4-5,8,16H,6-7,9H2,1-3H3,(H2,17,18,20). The average Bonchev–Trinajstić information content (AvgIpc) is 2.74. The van der Waals surface area contributed by atoms with Crippen LogP contribution in [0.3, 0.4) is 0 Å². The van der Waals surface area contributed by atoms with Gasteiger partial charge < -0.3 is 20.9 Å². The highest BCUT2D eigenvalue weighted by molar-refractivity contribution is 5.93. The molecule has 1 aromatic carbocycles. The van der Waals surface area contributed by atoms with Crippen LogP contribution in [0.2, 0.25) is 0 Å². The quantitative estimate of drug-likeness (QED) is 0.791. The fourth-order valence-corrected chi connectivity index (χ4v) is 2.35. The van der Waals surface area contributed by atoms with Crippen LogP contribution >= 0.6 is 0 Å². The molecule has 0 saturated carbocycles. The summed E-state index contributed by atoms with van der Waals surface area (Å²) < 4.78 is 13.3. The molecule has 0 aliphatic carbocycles. The highest BCUT2D eigenvalue weighted by Gasteiger charge is 2.30. The molecule has 1 fully saturated rings. The second kappa shape index (κ2) is 5.66. The second-order valence-electron chi connectivity index (χ2n) is 5.62. The fraction of sp³-hybridized carbons (Fsp3) is 0.500. The van der Waals surface area contributed by atoms with Gasteiger partial charge in [-0.2, -0.15) is 0 Å². The number of nitrogens with one attached hydrogen (secondary N) is 3. The van der Waals surface area contributed by atoms with Gasteiger partial charge in [0.1, 0.15) is 5.82 Å². The molecular weight excluding hydrogens is 259 g/mol. The van der Waals surface area contributed by atoms with E-state index in [2.05, 4.69) is 16.0 Å². The number of urea groups is 1. The van der Waals surface area contributed by atoms with Gasteiger partial charge in [-0.05, 0) is 38.1 Å². The van der Waals surface area contributed by atoms with E-state index in [1.54, 1.807) is 6.07 Å². The number of benzene rings is 1. The summed E-state index contributed by atoms with van der Waals surface area (Å²) in [6, 6.07) is 4.03. The molecule has 2 amide bonds. The molecule has 1 aliphatic heterocycles. The maximum Gasteiger partial charge on any atom is 0.319 e. The first kappa shape index (κ1) is 14.6. The highest BCUT2D eigenvalue weighted by Crippen LogP contribution is 2.25. The molecular formula is C14H21FN4O. The van der Waals surface area contributed by atoms with Crippen molar-refractivity contribution in [2.45, 2.75) is 18.9 Å². The molecule has 0 bridgehead atoms. The maximum absolute atomic E-state index is 13.3. The predicted octanol–water partition coefficient (Wildman–Crippen LogP) is 1.77. The molecule has 1 aromatic rings. The smallest absolute Gasteiger partial charge is 0.319 e. The van der Waals surface area contributed by atoms with Crippen molar-refractivity contribution in [3.63, 3.8) is 0 Å². The van der Waals surface area contributed by atoms with Crippen LogP contribution in [0.4, 0.5) is 20.6 Å². The molecule has 6 heteroatoms. The largest absolute Gasteiger partial charge is 0.376 e. The highest BCUT2D eigenvalue weighted by atomic mass is 19.1. The molecule has 1 atom stereocenters. The first-order chi connectivity index (χ1) is 9.39. The molecule has 20 heavy (non-hydrogen) atoms. The summed E-state index contributed by atoms with van der Waals surface area (Å²) in [5.41, 5.74) is 0.966. The summed E-state index contributed by atoms with van der Waals surface area (Å²) in [5, 5.41) is 8.87. The zero-order valence-corrected chi connectivity index (χ0v) is 12.1. The third-order valence-corrected chi connectivity index (χ3v) is 3.47. The molecule has 1 unspecified atom stereocenters. The lowest BCUT2D eigenvalue weighted by molar-refractivity contribution is 0.241. The fourth-order valence-electron chi connectivity index (χ4n) is 2.35. The summed E-state index contributed by atoms with van der Waals surface area (Å²) in [7, 11) is 3.69. The minimum absolute atomic E-state index is 0.254. The molecule has 3 N–H and O–H groups in total. The van der Waals surface area contributed by atoms with Crippen LogP contribution in [0, 0.1) is 5.82 Å². The van der Waals surface area contributed by atoms with Gasteiger partial charge in [-0.1, -0.05) is 0 Å². The van der Waals surface area contributed by atoms with Crippen LogP contribution in [-0.4, -0.2) is 38.8 Å². The number of carbonyl (C=O) groups excluding carboxylic acids is 1. The number of amides is 2. The molecule has 5 nitrogen and oxygen atoms in total. The van der Waals surface area contributed by atoms with Crippen molar-refractivity contribution in [1.29, 1.82) is 0 Å². The number of carbonyl (C=O) groups is 1. The van der Waals surface area contributed by atoms with Crippen molar-refractivity contribution in [2.24, 2.45) is 0 Å². The van der Waals surface area contributed by atoms with E-state index in [4.69, 9.17) is 0 Å². The lowest BCUT2D eigenvalue weighted by Gasteiger charge is -2.25. The third-order valence-electron chi connectivity index (χ3n) is 3.47. The predicted molar refractivity (Wildman–Crippen MR) is 78.8 cm³/mol. The lowest BCUT2D eigenvalue weighted by Crippen LogP contribution is -2.49. The Morgan fingerprint density at radius 3 is 2.80 bits per heavy atom. The first-order valence-electron chi connectivity index (χ1n) is 6.66. The van der Waals surface area contributed by atoms with Crippen LogP contribution in [0.1, 0.15) is 13.3 Å². The van der Waals surface area contributed by atoms with Gasteiger partial charge in [-0.3, -0.25) is 0 Å². The zero-order chi connectivity index (χ0) is 14.8. The van der Waals surface area contributed by atoms with Crippen LogP contribution in [0.5, 0.6) is 0 Å². The Bertz CT molecular complexity index is 498. The lowest BCUT2D eigenvalue weighted by atomic mass is 10.0. The van der Waals surface area contributed by atoms with Gasteiger partial charge in [0.15, 0.2) is 0 Å². The Balaban J connectivity index is 2.09. The Hall–Kier alpha value is -1.82. The topological polar surface area (TPSA) is 56.4 Å². The average molecular weight is 280 g/mol. The van der Waals surface area contributed by atoms with E-state index in [1.807, 2.05) is 25.9 Å². The molecule has 1 aliphatic rings. The van der Waals surface area contributed by atoms with Gasteiger partial charge >= 0.3 is 6.03 Å². The molecule has 0 spiro atoms. The van der Waals surface area contributed by atoms with Crippen molar-refractivity contribution >= 4 is 17.4 Å². The monoisotopic (exact) mass is 280 g/mol.